The fraction of sp³-hybridized carbons (Fsp3) is 0.333. The standard InChI is InChI=1S/C27H30N4O4/c1-17-14-20(16-29-15-17)25(32)30-21-10-8-18(9-11-21)22-12-13-23(35-22)26(33)31-24(27(34)28-2)19-6-4-3-5-7-19/h8-16,19,24H,3-7H2,1-2H3,(H,28,34)(H,30,32)(H,31,33). The van der Waals surface area contributed by atoms with Crippen LogP contribution < -0.4 is 16.0 Å². The summed E-state index contributed by atoms with van der Waals surface area (Å²) in [6.45, 7) is 1.88. The molecule has 0 aliphatic heterocycles. The van der Waals surface area contributed by atoms with Gasteiger partial charge >= 0.3 is 0 Å². The molecule has 35 heavy (non-hydrogen) atoms. The smallest absolute Gasteiger partial charge is 0.287 e. The lowest BCUT2D eigenvalue weighted by molar-refractivity contribution is -0.124. The van der Waals surface area contributed by atoms with E-state index in [0.717, 1.165) is 43.2 Å². The molecule has 0 spiro atoms. The van der Waals surface area contributed by atoms with Crippen LogP contribution in [0.3, 0.4) is 0 Å². The van der Waals surface area contributed by atoms with Crippen LogP contribution in [0, 0.1) is 12.8 Å². The molecule has 8 heteroatoms. The molecule has 4 rings (SSSR count). The Labute approximate surface area is 204 Å². The van der Waals surface area contributed by atoms with Crippen LogP contribution in [0.15, 0.2) is 59.3 Å². The number of anilines is 1. The summed E-state index contributed by atoms with van der Waals surface area (Å²) in [4.78, 5) is 41.8. The van der Waals surface area contributed by atoms with Gasteiger partial charge in [-0.2, -0.15) is 0 Å². The summed E-state index contributed by atoms with van der Waals surface area (Å²) >= 11 is 0. The molecule has 1 aromatic carbocycles. The number of nitrogens with zero attached hydrogens (tertiary/aromatic N) is 1. The molecule has 2 heterocycles. The largest absolute Gasteiger partial charge is 0.451 e. The molecule has 1 fully saturated rings. The van der Waals surface area contributed by atoms with Gasteiger partial charge in [-0.25, -0.2) is 0 Å². The van der Waals surface area contributed by atoms with Crippen molar-refractivity contribution >= 4 is 23.4 Å². The van der Waals surface area contributed by atoms with Gasteiger partial charge in [-0.1, -0.05) is 19.3 Å². The summed E-state index contributed by atoms with van der Waals surface area (Å²) in [6.07, 6.45) is 8.36. The summed E-state index contributed by atoms with van der Waals surface area (Å²) in [5.41, 5.74) is 2.78. The van der Waals surface area contributed by atoms with E-state index in [1.54, 1.807) is 55.7 Å². The van der Waals surface area contributed by atoms with E-state index in [-0.39, 0.29) is 23.5 Å². The van der Waals surface area contributed by atoms with E-state index in [4.69, 9.17) is 4.42 Å². The van der Waals surface area contributed by atoms with E-state index in [9.17, 15) is 14.4 Å². The van der Waals surface area contributed by atoms with Crippen LogP contribution in [0.5, 0.6) is 0 Å². The number of nitrogens with one attached hydrogen (secondary N) is 3. The molecule has 1 unspecified atom stereocenters. The highest BCUT2D eigenvalue weighted by molar-refractivity contribution is 6.04. The molecular weight excluding hydrogens is 444 g/mol. The number of hydrogen-bond acceptors (Lipinski definition) is 5. The van der Waals surface area contributed by atoms with Crippen LogP contribution in [0.1, 0.15) is 58.6 Å². The maximum absolute atomic E-state index is 12.9. The highest BCUT2D eigenvalue weighted by Crippen LogP contribution is 2.28. The number of carbonyl (C=O) groups is 3. The van der Waals surface area contributed by atoms with Crippen molar-refractivity contribution in [1.82, 2.24) is 15.6 Å². The van der Waals surface area contributed by atoms with Gasteiger partial charge in [0.05, 0.1) is 5.56 Å². The first kappa shape index (κ1) is 24.2. The zero-order valence-corrected chi connectivity index (χ0v) is 20.0. The molecule has 1 atom stereocenters. The average molecular weight is 475 g/mol. The molecule has 1 aliphatic rings. The minimum absolute atomic E-state index is 0.125. The van der Waals surface area contributed by atoms with Crippen molar-refractivity contribution in [1.29, 1.82) is 0 Å². The Hall–Kier alpha value is -3.94. The fourth-order valence-corrected chi connectivity index (χ4v) is 4.45. The zero-order chi connectivity index (χ0) is 24.8. The average Bonchev–Trinajstić information content (AvgIpc) is 3.38. The van der Waals surface area contributed by atoms with E-state index < -0.39 is 11.9 Å². The van der Waals surface area contributed by atoms with Crippen LogP contribution >= 0.6 is 0 Å². The van der Waals surface area contributed by atoms with Gasteiger partial charge in [0.25, 0.3) is 11.8 Å². The van der Waals surface area contributed by atoms with E-state index in [2.05, 4.69) is 20.9 Å². The lowest BCUT2D eigenvalue weighted by Gasteiger charge is -2.29. The molecule has 3 N–H and O–H groups in total. The summed E-state index contributed by atoms with van der Waals surface area (Å²) in [5.74, 6) is -0.0451. The molecule has 3 aromatic rings. The van der Waals surface area contributed by atoms with Crippen LogP contribution in [0.25, 0.3) is 11.3 Å². The van der Waals surface area contributed by atoms with Crippen molar-refractivity contribution in [2.45, 2.75) is 45.1 Å². The normalized spacial score (nSPS) is 14.7. The molecular formula is C27H30N4O4. The molecule has 1 aliphatic carbocycles. The predicted molar refractivity (Wildman–Crippen MR) is 133 cm³/mol. The predicted octanol–water partition coefficient (Wildman–Crippen LogP) is 4.33. The van der Waals surface area contributed by atoms with E-state index in [1.807, 2.05) is 6.92 Å². The van der Waals surface area contributed by atoms with E-state index in [1.165, 1.54) is 6.20 Å². The number of rotatable bonds is 7. The highest BCUT2D eigenvalue weighted by atomic mass is 16.4. The molecule has 2 aromatic heterocycles. The second-order valence-electron chi connectivity index (χ2n) is 8.91. The Morgan fingerprint density at radius 3 is 2.40 bits per heavy atom. The number of benzene rings is 1. The van der Waals surface area contributed by atoms with Crippen LogP contribution in [-0.2, 0) is 4.79 Å². The number of amides is 3. The Bertz CT molecular complexity index is 1200. The summed E-state index contributed by atoms with van der Waals surface area (Å²) < 4.78 is 5.80. The third-order valence-corrected chi connectivity index (χ3v) is 6.33. The monoisotopic (exact) mass is 474 g/mol. The Morgan fingerprint density at radius 2 is 1.71 bits per heavy atom. The number of aromatic nitrogens is 1. The summed E-state index contributed by atoms with van der Waals surface area (Å²) in [6, 6.07) is 11.7. The van der Waals surface area contributed by atoms with Crippen LogP contribution in [-0.4, -0.2) is 35.8 Å². The van der Waals surface area contributed by atoms with Gasteiger partial charge in [0.2, 0.25) is 5.91 Å². The second-order valence-corrected chi connectivity index (χ2v) is 8.91. The van der Waals surface area contributed by atoms with Crippen molar-refractivity contribution in [3.8, 4) is 11.3 Å². The zero-order valence-electron chi connectivity index (χ0n) is 20.0. The van der Waals surface area contributed by atoms with E-state index in [0.29, 0.717) is 17.0 Å². The minimum atomic E-state index is -0.576. The highest BCUT2D eigenvalue weighted by Gasteiger charge is 2.31. The Morgan fingerprint density at radius 1 is 0.971 bits per heavy atom. The molecule has 3 amide bonds. The molecule has 0 bridgehead atoms. The first-order valence-electron chi connectivity index (χ1n) is 11.9. The van der Waals surface area contributed by atoms with E-state index >= 15 is 0 Å². The Kier molecular flexibility index (Phi) is 7.60. The second kappa shape index (κ2) is 11.0. The number of furan rings is 1. The maximum atomic E-state index is 12.9. The number of likely N-dealkylation sites (N-methyl/N-ethyl adjacent to an activating group) is 1. The molecule has 8 nitrogen and oxygen atoms in total. The van der Waals surface area contributed by atoms with Gasteiger partial charge in [0.1, 0.15) is 11.8 Å². The third kappa shape index (κ3) is 5.95. The number of aryl methyl sites for hydroxylation is 1. The van der Waals surface area contributed by atoms with Gasteiger partial charge in [-0.05, 0) is 73.7 Å². The molecule has 1 saturated carbocycles. The molecule has 0 saturated heterocycles. The summed E-state index contributed by atoms with van der Waals surface area (Å²) in [5, 5.41) is 8.38. The lowest BCUT2D eigenvalue weighted by Crippen LogP contribution is -2.50. The van der Waals surface area contributed by atoms with Gasteiger partial charge in [-0.15, -0.1) is 0 Å². The third-order valence-electron chi connectivity index (χ3n) is 6.33. The van der Waals surface area contributed by atoms with Gasteiger partial charge in [-0.3, -0.25) is 19.4 Å². The number of carbonyl (C=O) groups excluding carboxylic acids is 3. The summed E-state index contributed by atoms with van der Waals surface area (Å²) in [7, 11) is 1.58. The molecule has 182 valence electrons. The first-order chi connectivity index (χ1) is 16.9. The fourth-order valence-electron chi connectivity index (χ4n) is 4.45. The quantitative estimate of drug-likeness (QED) is 0.472. The minimum Gasteiger partial charge on any atom is -0.451 e. The van der Waals surface area contributed by atoms with Crippen molar-refractivity contribution in [3.63, 3.8) is 0 Å². The first-order valence-corrected chi connectivity index (χ1v) is 11.9. The van der Waals surface area contributed by atoms with Gasteiger partial charge in [0, 0.05) is 30.7 Å². The lowest BCUT2D eigenvalue weighted by atomic mass is 9.83. The van der Waals surface area contributed by atoms with Crippen LogP contribution in [0.4, 0.5) is 5.69 Å². The Balaban J connectivity index is 1.41. The number of pyridine rings is 1. The number of hydrogen-bond donors (Lipinski definition) is 3. The van der Waals surface area contributed by atoms with Crippen molar-refractivity contribution in [2.24, 2.45) is 5.92 Å². The van der Waals surface area contributed by atoms with Crippen LogP contribution in [0.2, 0.25) is 0 Å². The topological polar surface area (TPSA) is 113 Å². The molecule has 0 radical (unpaired) electrons. The SMILES string of the molecule is CNC(=O)C(NC(=O)c1ccc(-c2ccc(NC(=O)c3cncc(C)c3)cc2)o1)C1CCCCC1. The van der Waals surface area contributed by atoms with Crippen molar-refractivity contribution < 1.29 is 18.8 Å². The van der Waals surface area contributed by atoms with Gasteiger partial charge in [0.15, 0.2) is 5.76 Å². The maximum Gasteiger partial charge on any atom is 0.287 e. The van der Waals surface area contributed by atoms with Crippen molar-refractivity contribution in [2.75, 3.05) is 12.4 Å². The van der Waals surface area contributed by atoms with Gasteiger partial charge < -0.3 is 20.4 Å². The van der Waals surface area contributed by atoms with Crippen molar-refractivity contribution in [3.05, 3.63) is 71.7 Å².